The second-order valence-electron chi connectivity index (χ2n) is 6.08. The van der Waals surface area contributed by atoms with Crippen molar-refractivity contribution in [2.45, 2.75) is 25.3 Å². The van der Waals surface area contributed by atoms with Crippen LogP contribution in [0.1, 0.15) is 17.0 Å². The van der Waals surface area contributed by atoms with Crippen LogP contribution in [0.15, 0.2) is 27.6 Å². The molecule has 2 aromatic rings. The lowest BCUT2D eigenvalue weighted by atomic mass is 10.2. The summed E-state index contributed by atoms with van der Waals surface area (Å²) in [4.78, 5) is 2.38. The third kappa shape index (κ3) is 3.85. The fourth-order valence-electron chi connectivity index (χ4n) is 3.00. The predicted octanol–water partition coefficient (Wildman–Crippen LogP) is 3.10. The van der Waals surface area contributed by atoms with Gasteiger partial charge in [0.25, 0.3) is 0 Å². The number of hydrogen-bond donors (Lipinski definition) is 0. The van der Waals surface area contributed by atoms with Crippen molar-refractivity contribution in [3.8, 4) is 0 Å². The van der Waals surface area contributed by atoms with Crippen LogP contribution in [0, 0.1) is 13.8 Å². The number of nitrogens with zero attached hydrogens (tertiary/aromatic N) is 3. The Morgan fingerprint density at radius 1 is 1.12 bits per heavy atom. The Labute approximate surface area is 157 Å². The first kappa shape index (κ1) is 18.7. The van der Waals surface area contributed by atoms with Crippen molar-refractivity contribution in [3.63, 3.8) is 0 Å². The minimum atomic E-state index is -3.58. The van der Waals surface area contributed by atoms with E-state index in [0.29, 0.717) is 54.2 Å². The van der Waals surface area contributed by atoms with E-state index < -0.39 is 10.0 Å². The summed E-state index contributed by atoms with van der Waals surface area (Å²) in [6.07, 6.45) is 0. The summed E-state index contributed by atoms with van der Waals surface area (Å²) in [5.41, 5.74) is 1.45. The molecule has 0 spiro atoms. The van der Waals surface area contributed by atoms with Crippen LogP contribution in [0.3, 0.4) is 0 Å². The lowest BCUT2D eigenvalue weighted by molar-refractivity contribution is 0.181. The fraction of sp³-hybridized carbons (Fsp3) is 0.438. The highest BCUT2D eigenvalue weighted by Crippen LogP contribution is 2.26. The van der Waals surface area contributed by atoms with Crippen LogP contribution in [0.25, 0.3) is 0 Å². The molecule has 0 aliphatic carbocycles. The molecule has 0 unspecified atom stereocenters. The molecule has 1 fully saturated rings. The van der Waals surface area contributed by atoms with Gasteiger partial charge < -0.3 is 4.52 Å². The molecule has 0 bridgehead atoms. The zero-order valence-corrected chi connectivity index (χ0v) is 16.3. The summed E-state index contributed by atoms with van der Waals surface area (Å²) >= 11 is 12.0. The fourth-order valence-corrected chi connectivity index (χ4v) is 5.03. The van der Waals surface area contributed by atoms with Gasteiger partial charge in [0.1, 0.15) is 10.6 Å². The first-order chi connectivity index (χ1) is 11.8. The zero-order valence-electron chi connectivity index (χ0n) is 14.0. The molecule has 6 nitrogen and oxygen atoms in total. The van der Waals surface area contributed by atoms with Gasteiger partial charge in [-0.1, -0.05) is 34.4 Å². The van der Waals surface area contributed by atoms with Crippen molar-refractivity contribution in [3.05, 3.63) is 45.3 Å². The van der Waals surface area contributed by atoms with Gasteiger partial charge in [-0.15, -0.1) is 0 Å². The normalized spacial score (nSPS) is 17.1. The molecule has 0 N–H and O–H groups in total. The van der Waals surface area contributed by atoms with Gasteiger partial charge in [0, 0.05) is 32.7 Å². The molecule has 1 saturated heterocycles. The van der Waals surface area contributed by atoms with E-state index in [4.69, 9.17) is 27.7 Å². The van der Waals surface area contributed by atoms with Gasteiger partial charge in [0.2, 0.25) is 10.0 Å². The summed E-state index contributed by atoms with van der Waals surface area (Å²) in [5.74, 6) is 0.329. The van der Waals surface area contributed by atoms with E-state index in [2.05, 4.69) is 10.1 Å². The van der Waals surface area contributed by atoms with Crippen LogP contribution < -0.4 is 0 Å². The molecule has 25 heavy (non-hydrogen) atoms. The van der Waals surface area contributed by atoms with Crippen molar-refractivity contribution in [1.82, 2.24) is 14.4 Å². The van der Waals surface area contributed by atoms with Crippen LogP contribution in [-0.2, 0) is 16.6 Å². The van der Waals surface area contributed by atoms with E-state index >= 15 is 0 Å². The van der Waals surface area contributed by atoms with Gasteiger partial charge in [-0.3, -0.25) is 4.90 Å². The Balaban J connectivity index is 1.66. The maximum absolute atomic E-state index is 12.8. The van der Waals surface area contributed by atoms with E-state index in [1.165, 1.54) is 4.31 Å². The lowest BCUT2D eigenvalue weighted by Gasteiger charge is -2.33. The quantitative estimate of drug-likeness (QED) is 0.784. The zero-order chi connectivity index (χ0) is 18.2. The molecule has 1 aliphatic heterocycles. The number of aryl methyl sites for hydroxylation is 2. The molecule has 0 saturated carbocycles. The van der Waals surface area contributed by atoms with Gasteiger partial charge in [0.15, 0.2) is 5.76 Å². The van der Waals surface area contributed by atoms with Gasteiger partial charge in [-0.25, -0.2) is 8.42 Å². The molecule has 3 rings (SSSR count). The van der Waals surface area contributed by atoms with E-state index in [9.17, 15) is 8.42 Å². The Hall–Kier alpha value is -1.12. The Morgan fingerprint density at radius 2 is 1.80 bits per heavy atom. The molecule has 1 aromatic heterocycles. The first-order valence-electron chi connectivity index (χ1n) is 7.88. The topological polar surface area (TPSA) is 66.7 Å². The molecule has 9 heteroatoms. The summed E-state index contributed by atoms with van der Waals surface area (Å²) < 4.78 is 32.1. The highest BCUT2D eigenvalue weighted by atomic mass is 35.5. The van der Waals surface area contributed by atoms with Crippen LogP contribution in [-0.4, -0.2) is 49.0 Å². The average Bonchev–Trinajstić information content (AvgIpc) is 2.91. The number of aromatic nitrogens is 1. The van der Waals surface area contributed by atoms with E-state index in [1.54, 1.807) is 19.9 Å². The largest absolute Gasteiger partial charge is 0.360 e. The lowest BCUT2D eigenvalue weighted by Crippen LogP contribution is -2.48. The summed E-state index contributed by atoms with van der Waals surface area (Å²) in [7, 11) is -3.58. The highest BCUT2D eigenvalue weighted by Gasteiger charge is 2.33. The van der Waals surface area contributed by atoms with Crippen molar-refractivity contribution >= 4 is 33.2 Å². The Kier molecular flexibility index (Phi) is 5.41. The predicted molar refractivity (Wildman–Crippen MR) is 96.5 cm³/mol. The second kappa shape index (κ2) is 7.25. The average molecular weight is 404 g/mol. The highest BCUT2D eigenvalue weighted by molar-refractivity contribution is 7.89. The van der Waals surface area contributed by atoms with Crippen LogP contribution in [0.5, 0.6) is 0 Å². The SMILES string of the molecule is Cc1noc(C)c1S(=O)(=O)N1CCN(Cc2ccc(Cl)c(Cl)c2)CC1. The van der Waals surface area contributed by atoms with E-state index in [1.807, 2.05) is 12.1 Å². The van der Waals surface area contributed by atoms with Gasteiger partial charge in [0.05, 0.1) is 10.0 Å². The molecule has 1 aliphatic rings. The van der Waals surface area contributed by atoms with Gasteiger partial charge in [-0.2, -0.15) is 4.31 Å². The van der Waals surface area contributed by atoms with E-state index in [-0.39, 0.29) is 4.90 Å². The van der Waals surface area contributed by atoms with Gasteiger partial charge >= 0.3 is 0 Å². The summed E-state index contributed by atoms with van der Waals surface area (Å²) in [6, 6.07) is 5.55. The van der Waals surface area contributed by atoms with Crippen molar-refractivity contribution < 1.29 is 12.9 Å². The van der Waals surface area contributed by atoms with Crippen molar-refractivity contribution in [2.75, 3.05) is 26.2 Å². The Morgan fingerprint density at radius 3 is 2.36 bits per heavy atom. The minimum Gasteiger partial charge on any atom is -0.360 e. The number of sulfonamides is 1. The standard InChI is InChI=1S/C16H19Cl2N3O3S/c1-11-16(12(2)24-19-11)25(22,23)21-7-5-20(6-8-21)10-13-3-4-14(17)15(18)9-13/h3-4,9H,5-8,10H2,1-2H3. The number of benzene rings is 1. The molecule has 0 amide bonds. The molecule has 1 aromatic carbocycles. The maximum Gasteiger partial charge on any atom is 0.248 e. The van der Waals surface area contributed by atoms with Crippen LogP contribution in [0.4, 0.5) is 0 Å². The van der Waals surface area contributed by atoms with Crippen molar-refractivity contribution in [2.24, 2.45) is 0 Å². The second-order valence-corrected chi connectivity index (χ2v) is 8.77. The van der Waals surface area contributed by atoms with Crippen molar-refractivity contribution in [1.29, 1.82) is 0 Å². The van der Waals surface area contributed by atoms with Crippen LogP contribution in [0.2, 0.25) is 10.0 Å². The molecule has 0 radical (unpaired) electrons. The van der Waals surface area contributed by atoms with Gasteiger partial charge in [-0.05, 0) is 31.5 Å². The molecular weight excluding hydrogens is 385 g/mol. The molecule has 0 atom stereocenters. The maximum atomic E-state index is 12.8. The molecule has 2 heterocycles. The molecular formula is C16H19Cl2N3O3S. The third-order valence-corrected chi connectivity index (χ3v) is 7.17. The summed E-state index contributed by atoms with van der Waals surface area (Å²) in [6.45, 7) is 6.10. The summed E-state index contributed by atoms with van der Waals surface area (Å²) in [5, 5.41) is 4.80. The minimum absolute atomic E-state index is 0.186. The monoisotopic (exact) mass is 403 g/mol. The number of halogens is 2. The molecule has 136 valence electrons. The van der Waals surface area contributed by atoms with Crippen LogP contribution >= 0.6 is 23.2 Å². The first-order valence-corrected chi connectivity index (χ1v) is 10.1. The smallest absolute Gasteiger partial charge is 0.248 e. The number of rotatable bonds is 4. The Bertz CT molecular complexity index is 855. The van der Waals surface area contributed by atoms with E-state index in [0.717, 1.165) is 5.56 Å². The number of piperazine rings is 1. The third-order valence-electron chi connectivity index (χ3n) is 4.29. The number of hydrogen-bond acceptors (Lipinski definition) is 5.